The first-order chi connectivity index (χ1) is 12.0. The first kappa shape index (κ1) is 17.6. The molecule has 0 bridgehead atoms. The minimum Gasteiger partial charge on any atom is -0.504 e. The molecule has 0 radical (unpaired) electrons. The van der Waals surface area contributed by atoms with Crippen LogP contribution in [0.1, 0.15) is 11.3 Å². The van der Waals surface area contributed by atoms with Gasteiger partial charge in [0, 0.05) is 11.6 Å². The van der Waals surface area contributed by atoms with Crippen molar-refractivity contribution in [2.24, 2.45) is 10.3 Å². The van der Waals surface area contributed by atoms with E-state index in [1.807, 2.05) is 4.98 Å². The number of aromatic amines is 2. The van der Waals surface area contributed by atoms with Crippen molar-refractivity contribution >= 4 is 12.4 Å². The first-order valence-corrected chi connectivity index (χ1v) is 6.85. The van der Waals surface area contributed by atoms with Crippen LogP contribution in [0.15, 0.2) is 38.1 Å². The summed E-state index contributed by atoms with van der Waals surface area (Å²) in [6, 6.07) is 3.65. The second-order valence-electron chi connectivity index (χ2n) is 4.55. The van der Waals surface area contributed by atoms with Crippen molar-refractivity contribution in [1.29, 1.82) is 0 Å². The van der Waals surface area contributed by atoms with Gasteiger partial charge in [0.15, 0.2) is 24.7 Å². The minimum absolute atomic E-state index is 0.0184. The van der Waals surface area contributed by atoms with Gasteiger partial charge in [-0.15, -0.1) is 0 Å². The number of H-pyrrole nitrogens is 2. The van der Waals surface area contributed by atoms with Crippen LogP contribution in [0, 0.1) is 0 Å². The van der Waals surface area contributed by atoms with E-state index in [-0.39, 0.29) is 24.5 Å². The number of aromatic hydroxyl groups is 3. The van der Waals surface area contributed by atoms with Crippen LogP contribution in [-0.2, 0) is 9.68 Å². The van der Waals surface area contributed by atoms with Crippen LogP contribution in [-0.4, -0.2) is 50.9 Å². The van der Waals surface area contributed by atoms with Crippen LogP contribution in [0.4, 0.5) is 0 Å². The summed E-state index contributed by atoms with van der Waals surface area (Å²) in [7, 11) is 0. The van der Waals surface area contributed by atoms with Gasteiger partial charge in [-0.05, 0) is 12.1 Å². The van der Waals surface area contributed by atoms with Crippen molar-refractivity contribution in [3.63, 3.8) is 0 Å². The Kier molecular flexibility index (Phi) is 5.77. The number of hydrogen-bond donors (Lipinski definition) is 5. The van der Waals surface area contributed by atoms with Gasteiger partial charge in [0.25, 0.3) is 5.56 Å². The second-order valence-corrected chi connectivity index (χ2v) is 4.55. The average molecular weight is 350 g/mol. The third-order valence-corrected chi connectivity index (χ3v) is 2.74. The van der Waals surface area contributed by atoms with Gasteiger partial charge in [-0.2, -0.15) is 0 Å². The molecule has 0 aliphatic heterocycles. The Morgan fingerprint density at radius 3 is 2.32 bits per heavy atom. The Morgan fingerprint density at radius 1 is 0.960 bits per heavy atom. The lowest BCUT2D eigenvalue weighted by Crippen LogP contribution is -2.22. The second kappa shape index (κ2) is 8.19. The Labute approximate surface area is 139 Å². The number of nitrogens with zero attached hydrogens (tertiary/aromatic N) is 2. The van der Waals surface area contributed by atoms with E-state index in [4.69, 9.17) is 9.68 Å². The van der Waals surface area contributed by atoms with Gasteiger partial charge in [0.1, 0.15) is 0 Å². The van der Waals surface area contributed by atoms with Crippen LogP contribution in [0.5, 0.6) is 17.2 Å². The molecule has 25 heavy (non-hydrogen) atoms. The molecule has 0 spiro atoms. The van der Waals surface area contributed by atoms with Crippen molar-refractivity contribution < 1.29 is 25.0 Å². The molecule has 2 rings (SSSR count). The number of aromatic nitrogens is 2. The largest absolute Gasteiger partial charge is 0.504 e. The van der Waals surface area contributed by atoms with Gasteiger partial charge in [-0.3, -0.25) is 9.78 Å². The molecule has 0 saturated heterocycles. The molecule has 0 aliphatic rings. The van der Waals surface area contributed by atoms with E-state index in [2.05, 4.69) is 15.3 Å². The van der Waals surface area contributed by atoms with Gasteiger partial charge in [-0.25, -0.2) is 4.79 Å². The van der Waals surface area contributed by atoms with E-state index in [0.29, 0.717) is 0 Å². The topological polar surface area (TPSA) is 170 Å². The molecule has 11 nitrogen and oxygen atoms in total. The summed E-state index contributed by atoms with van der Waals surface area (Å²) in [4.78, 5) is 36.1. The summed E-state index contributed by atoms with van der Waals surface area (Å²) >= 11 is 0. The number of phenols is 3. The lowest BCUT2D eigenvalue weighted by molar-refractivity contribution is 0.0553. The molecule has 1 heterocycles. The average Bonchev–Trinajstić information content (AvgIpc) is 2.56. The minimum atomic E-state index is -0.657. The molecule has 2 aromatic rings. The molecule has 0 aliphatic carbocycles. The van der Waals surface area contributed by atoms with Gasteiger partial charge >= 0.3 is 5.69 Å². The molecular weight excluding hydrogens is 336 g/mol. The third kappa shape index (κ3) is 5.13. The van der Waals surface area contributed by atoms with Crippen LogP contribution in [0.3, 0.4) is 0 Å². The van der Waals surface area contributed by atoms with E-state index in [1.165, 1.54) is 12.1 Å². The predicted molar refractivity (Wildman–Crippen MR) is 86.2 cm³/mol. The van der Waals surface area contributed by atoms with Crippen molar-refractivity contribution in [2.75, 3.05) is 13.2 Å². The fourth-order valence-corrected chi connectivity index (χ4v) is 1.61. The van der Waals surface area contributed by atoms with Crippen molar-refractivity contribution in [2.45, 2.75) is 0 Å². The normalized spacial score (nSPS) is 11.2. The van der Waals surface area contributed by atoms with E-state index in [9.17, 15) is 24.9 Å². The molecule has 11 heteroatoms. The van der Waals surface area contributed by atoms with Crippen molar-refractivity contribution in [3.05, 3.63) is 50.3 Å². The number of nitrogens with one attached hydrogen (secondary N) is 2. The fraction of sp³-hybridized carbons (Fsp3) is 0.143. The smallest absolute Gasteiger partial charge is 0.326 e. The zero-order valence-electron chi connectivity index (χ0n) is 12.7. The number of hydrogen-bond acceptors (Lipinski definition) is 9. The molecule has 5 N–H and O–H groups in total. The lowest BCUT2D eigenvalue weighted by atomic mass is 10.2. The van der Waals surface area contributed by atoms with Crippen LogP contribution >= 0.6 is 0 Å². The maximum Gasteiger partial charge on any atom is 0.326 e. The maximum absolute atomic E-state index is 11.0. The zero-order valence-corrected chi connectivity index (χ0v) is 12.7. The van der Waals surface area contributed by atoms with Crippen molar-refractivity contribution in [3.8, 4) is 17.2 Å². The highest BCUT2D eigenvalue weighted by molar-refractivity contribution is 5.85. The Morgan fingerprint density at radius 2 is 1.64 bits per heavy atom. The van der Waals surface area contributed by atoms with Gasteiger partial charge in [0.05, 0.1) is 18.1 Å². The standard InChI is InChI=1S/C14H14N4O7/c19-10-2-1-8(12(21)13(10)22)6-15-24-3-4-25-16-7-9-5-11(20)18-14(23)17-9/h1-2,5-7,19,21-22H,3-4H2,(H2,17,18,20,23)/b15-6+,16-7+. The van der Waals surface area contributed by atoms with E-state index in [1.54, 1.807) is 0 Å². The number of oxime groups is 2. The van der Waals surface area contributed by atoms with Crippen LogP contribution in [0.2, 0.25) is 0 Å². The summed E-state index contributed by atoms with van der Waals surface area (Å²) in [5.74, 6) is -1.64. The summed E-state index contributed by atoms with van der Waals surface area (Å²) < 4.78 is 0. The number of benzene rings is 1. The molecule has 132 valence electrons. The maximum atomic E-state index is 11.0. The fourth-order valence-electron chi connectivity index (χ4n) is 1.61. The monoisotopic (exact) mass is 350 g/mol. The number of phenolic OH excluding ortho intramolecular Hbond substituents is 3. The van der Waals surface area contributed by atoms with E-state index < -0.39 is 28.5 Å². The van der Waals surface area contributed by atoms with Gasteiger partial charge < -0.3 is 30.0 Å². The molecule has 1 aromatic carbocycles. The third-order valence-electron chi connectivity index (χ3n) is 2.74. The Hall–Kier alpha value is -3.76. The molecule has 0 fully saturated rings. The Bertz CT molecular complexity index is 873. The summed E-state index contributed by atoms with van der Waals surface area (Å²) in [5, 5.41) is 35.1. The van der Waals surface area contributed by atoms with E-state index in [0.717, 1.165) is 18.5 Å². The highest BCUT2D eigenvalue weighted by Gasteiger charge is 2.09. The molecule has 0 atom stereocenters. The predicted octanol–water partition coefficient (Wildman–Crippen LogP) is -0.419. The lowest BCUT2D eigenvalue weighted by Gasteiger charge is -2.03. The Balaban J connectivity index is 1.75. The zero-order chi connectivity index (χ0) is 18.2. The van der Waals surface area contributed by atoms with E-state index >= 15 is 0 Å². The molecular formula is C14H14N4O7. The summed E-state index contributed by atoms with van der Waals surface area (Å²) in [5.41, 5.74) is -0.899. The quantitative estimate of drug-likeness (QED) is 0.195. The first-order valence-electron chi connectivity index (χ1n) is 6.85. The molecule has 0 saturated carbocycles. The summed E-state index contributed by atoms with van der Waals surface area (Å²) in [6.45, 7) is 0.0403. The van der Waals surface area contributed by atoms with Crippen molar-refractivity contribution in [1.82, 2.24) is 9.97 Å². The van der Waals surface area contributed by atoms with Crippen LogP contribution < -0.4 is 11.2 Å². The summed E-state index contributed by atoms with van der Waals surface area (Å²) in [6.07, 6.45) is 2.29. The molecule has 1 aromatic heterocycles. The SMILES string of the molecule is O=c1cc(/C=N/OCCO/N=C/c2ccc(O)c(O)c2O)[nH]c(=O)[nH]1. The van der Waals surface area contributed by atoms with Crippen LogP contribution in [0.25, 0.3) is 0 Å². The highest BCUT2D eigenvalue weighted by atomic mass is 16.7. The molecule has 0 amide bonds. The highest BCUT2D eigenvalue weighted by Crippen LogP contribution is 2.36. The number of rotatable bonds is 7. The van der Waals surface area contributed by atoms with Gasteiger partial charge in [0.2, 0.25) is 5.75 Å². The van der Waals surface area contributed by atoms with Gasteiger partial charge in [-0.1, -0.05) is 10.3 Å². The molecule has 0 unspecified atom stereocenters.